The van der Waals surface area contributed by atoms with Gasteiger partial charge in [-0.1, -0.05) is 36.4 Å². The number of carbonyl (C=O) groups excluding carboxylic acids is 6. The lowest BCUT2D eigenvalue weighted by Gasteiger charge is -2.22. The van der Waals surface area contributed by atoms with E-state index in [0.29, 0.717) is 38.2 Å². The number of nitrogens with two attached hydrogens (primary N) is 1. The highest BCUT2D eigenvalue weighted by atomic mass is 16.6. The highest BCUT2D eigenvalue weighted by Crippen LogP contribution is 2.19. The second kappa shape index (κ2) is 31.2. The second-order valence-electron chi connectivity index (χ2n) is 18.5. The number of aliphatic imine (C=N–C) groups is 2. The summed E-state index contributed by atoms with van der Waals surface area (Å²) >= 11 is 0. The monoisotopic (exact) mass is 969 g/mol. The molecule has 69 heavy (non-hydrogen) atoms. The van der Waals surface area contributed by atoms with Crippen LogP contribution in [0.25, 0.3) is 12.2 Å². The number of alkyl carbamates (subject to hydrolysis) is 4. The molecule has 20 nitrogen and oxygen atoms in total. The van der Waals surface area contributed by atoms with Gasteiger partial charge < -0.3 is 39.5 Å². The highest BCUT2D eigenvalue weighted by molar-refractivity contribution is 6.02. The molecule has 0 aliphatic carbocycles. The van der Waals surface area contributed by atoms with Crippen molar-refractivity contribution in [2.45, 2.75) is 125 Å². The van der Waals surface area contributed by atoms with Crippen molar-refractivity contribution in [1.29, 1.82) is 0 Å². The van der Waals surface area contributed by atoms with Crippen LogP contribution in [-0.4, -0.2) is 111 Å². The van der Waals surface area contributed by atoms with Crippen LogP contribution in [0.5, 0.6) is 11.5 Å². The third-order valence-electron chi connectivity index (χ3n) is 7.20. The molecule has 2 aromatic rings. The number of guanidine groups is 2. The summed E-state index contributed by atoms with van der Waals surface area (Å²) in [5.41, 5.74) is 4.35. The van der Waals surface area contributed by atoms with Gasteiger partial charge >= 0.3 is 24.4 Å². The fourth-order valence-electron chi connectivity index (χ4n) is 4.63. The van der Waals surface area contributed by atoms with Crippen LogP contribution >= 0.6 is 0 Å². The number of amides is 5. The molecule has 7 N–H and O–H groups in total. The van der Waals surface area contributed by atoms with E-state index in [1.54, 1.807) is 109 Å². The molecule has 0 aromatic heterocycles. The average Bonchev–Trinajstić information content (AvgIpc) is 3.19. The molecule has 0 heterocycles. The van der Waals surface area contributed by atoms with E-state index in [9.17, 15) is 28.8 Å². The molecule has 5 amide bonds. The van der Waals surface area contributed by atoms with E-state index in [1.165, 1.54) is 19.1 Å². The fraction of sp³-hybridized carbons (Fsp3) is 0.510. The maximum Gasteiger partial charge on any atom is 0.414 e. The molecule has 0 radical (unpaired) electrons. The van der Waals surface area contributed by atoms with Crippen LogP contribution in [0.15, 0.2) is 70.7 Å². The molecule has 20 heteroatoms. The van der Waals surface area contributed by atoms with E-state index in [-0.39, 0.29) is 30.2 Å². The standard InChI is InChI=1S/C24H36N4O6.C14H28N4O4.C11H12O2/c1-23(2,3)33-21(30)27-20(28-22(31)34-24(4,5)6)26-16-10-15-25-19(29)14-13-17-11-8-9-12-18(17)32-7;1-13(2,3)21-11(19)17-10(16-9-7-8-15)18-12(20)22-14(4,5)6;1-9(12)7-8-10-5-3-4-6-11(10)13-2/h8-9,11-14H,10,15-16H2,1-7H3,(H,25,29)(H2,26,27,28,30,31);7-9,15H2,1-6H3,(H2,16,17,18,19,20);3-8H,1-2H3/b14-13+;;8-7+. The van der Waals surface area contributed by atoms with Gasteiger partial charge in [0.2, 0.25) is 17.8 Å². The Balaban J connectivity index is 0.00000112. The molecular weight excluding hydrogens is 893 g/mol. The smallest absolute Gasteiger partial charge is 0.414 e. The Hall–Kier alpha value is -6.96. The van der Waals surface area contributed by atoms with E-state index < -0.39 is 46.8 Å². The van der Waals surface area contributed by atoms with Gasteiger partial charge in [-0.25, -0.2) is 19.2 Å². The first-order chi connectivity index (χ1) is 31.9. The fourth-order valence-corrected chi connectivity index (χ4v) is 4.63. The topological polar surface area (TPSA) is 269 Å². The van der Waals surface area contributed by atoms with Gasteiger partial charge in [0.25, 0.3) is 0 Å². The van der Waals surface area contributed by atoms with Gasteiger partial charge in [0.15, 0.2) is 5.78 Å². The van der Waals surface area contributed by atoms with Crippen LogP contribution in [0.4, 0.5) is 19.2 Å². The predicted octanol–water partition coefficient (Wildman–Crippen LogP) is 7.66. The molecule has 0 aliphatic rings. The molecule has 0 bridgehead atoms. The van der Waals surface area contributed by atoms with E-state index in [2.05, 4.69) is 36.6 Å². The first-order valence-electron chi connectivity index (χ1n) is 22.2. The molecule has 384 valence electrons. The third kappa shape index (κ3) is 34.9. The highest BCUT2D eigenvalue weighted by Gasteiger charge is 2.23. The first kappa shape index (κ1) is 62.0. The quantitative estimate of drug-likeness (QED) is 0.0371. The molecule has 0 fully saturated rings. The molecule has 0 unspecified atom stereocenters. The van der Waals surface area contributed by atoms with Gasteiger partial charge in [-0.05, 0) is 140 Å². The molecule has 0 saturated heterocycles. The second-order valence-corrected chi connectivity index (χ2v) is 18.5. The number of ketones is 1. The summed E-state index contributed by atoms with van der Waals surface area (Å²) in [5.74, 6) is 1.08. The first-order valence-corrected chi connectivity index (χ1v) is 22.2. The van der Waals surface area contributed by atoms with Crippen LogP contribution in [-0.2, 0) is 28.5 Å². The van der Waals surface area contributed by atoms with Gasteiger partial charge in [0.05, 0.1) is 14.2 Å². The van der Waals surface area contributed by atoms with Crippen molar-refractivity contribution >= 4 is 60.1 Å². The number of carbonyl (C=O) groups is 6. The zero-order valence-electron chi connectivity index (χ0n) is 43.0. The van der Waals surface area contributed by atoms with Gasteiger partial charge in [-0.2, -0.15) is 0 Å². The van der Waals surface area contributed by atoms with E-state index in [1.807, 2.05) is 48.5 Å². The number of methoxy groups -OCH3 is 2. The minimum absolute atomic E-state index is 0.0306. The SMILES string of the molecule is CC(C)(C)OC(=O)NC(=NCCCN)NC(=O)OC(C)(C)C.COc1ccccc1/C=C/C(=O)NCCCN=C(NC(=O)OC(C)(C)C)NC(=O)OC(C)(C)C.COc1ccccc1/C=C/C(C)=O. The Morgan fingerprint density at radius 2 is 0.870 bits per heavy atom. The van der Waals surface area contributed by atoms with Crippen molar-refractivity contribution in [1.82, 2.24) is 26.6 Å². The number of nitrogens with zero attached hydrogens (tertiary/aromatic N) is 2. The van der Waals surface area contributed by atoms with Crippen LogP contribution in [0.3, 0.4) is 0 Å². The summed E-state index contributed by atoms with van der Waals surface area (Å²) in [5, 5.41) is 12.3. The Bertz CT molecular complexity index is 2010. The van der Waals surface area contributed by atoms with Crippen LogP contribution in [0.2, 0.25) is 0 Å². The summed E-state index contributed by atoms with van der Waals surface area (Å²) in [6.45, 7) is 23.6. The number of allylic oxidation sites excluding steroid dienone is 1. The zero-order chi connectivity index (χ0) is 52.8. The number of hydrogen-bond donors (Lipinski definition) is 6. The van der Waals surface area contributed by atoms with Crippen LogP contribution in [0, 0.1) is 0 Å². The lowest BCUT2D eigenvalue weighted by atomic mass is 10.2. The lowest BCUT2D eigenvalue weighted by Crippen LogP contribution is -2.47. The largest absolute Gasteiger partial charge is 0.496 e. The summed E-state index contributed by atoms with van der Waals surface area (Å²) in [4.78, 5) is 78.6. The number of rotatable bonds is 13. The maximum absolute atomic E-state index is 12.1. The Labute approximate surface area is 407 Å². The summed E-state index contributed by atoms with van der Waals surface area (Å²) in [6.07, 6.45) is 4.48. The van der Waals surface area contributed by atoms with Gasteiger partial charge in [0.1, 0.15) is 33.9 Å². The number of nitrogens with one attached hydrogen (secondary N) is 5. The van der Waals surface area contributed by atoms with E-state index in [4.69, 9.17) is 34.2 Å². The molecular formula is C49H76N8O12. The van der Waals surface area contributed by atoms with E-state index >= 15 is 0 Å². The third-order valence-corrected chi connectivity index (χ3v) is 7.20. The molecule has 0 saturated carbocycles. The maximum atomic E-state index is 12.1. The van der Waals surface area contributed by atoms with Crippen molar-refractivity contribution in [3.05, 3.63) is 71.8 Å². The summed E-state index contributed by atoms with van der Waals surface area (Å²) in [6, 6.07) is 14.9. The Kier molecular flexibility index (Phi) is 28.0. The number of ether oxygens (including phenoxy) is 6. The van der Waals surface area contributed by atoms with Crippen LogP contribution < -0.4 is 41.8 Å². The van der Waals surface area contributed by atoms with Crippen molar-refractivity contribution in [2.24, 2.45) is 15.7 Å². The number of benzene rings is 2. The van der Waals surface area contributed by atoms with Crippen molar-refractivity contribution < 1.29 is 57.2 Å². The van der Waals surface area contributed by atoms with E-state index in [0.717, 1.165) is 16.9 Å². The van der Waals surface area contributed by atoms with Crippen molar-refractivity contribution in [2.75, 3.05) is 40.4 Å². The van der Waals surface area contributed by atoms with Crippen LogP contribution in [0.1, 0.15) is 114 Å². The number of hydrogen-bond acceptors (Lipinski definition) is 15. The zero-order valence-corrected chi connectivity index (χ0v) is 43.0. The Morgan fingerprint density at radius 1 is 0.536 bits per heavy atom. The summed E-state index contributed by atoms with van der Waals surface area (Å²) in [7, 11) is 3.18. The lowest BCUT2D eigenvalue weighted by molar-refractivity contribution is -0.116. The Morgan fingerprint density at radius 3 is 1.19 bits per heavy atom. The van der Waals surface area contributed by atoms with Crippen molar-refractivity contribution in [3.63, 3.8) is 0 Å². The minimum atomic E-state index is -0.767. The molecule has 2 rings (SSSR count). The van der Waals surface area contributed by atoms with Gasteiger partial charge in [0, 0.05) is 36.8 Å². The molecule has 0 atom stereocenters. The summed E-state index contributed by atoms with van der Waals surface area (Å²) < 4.78 is 31.0. The average molecular weight is 969 g/mol. The molecule has 2 aromatic carbocycles. The normalized spacial score (nSPS) is 11.2. The van der Waals surface area contributed by atoms with Gasteiger partial charge in [-0.15, -0.1) is 0 Å². The molecule has 0 aliphatic heterocycles. The minimum Gasteiger partial charge on any atom is -0.496 e. The van der Waals surface area contributed by atoms with Crippen molar-refractivity contribution in [3.8, 4) is 11.5 Å². The predicted molar refractivity (Wildman–Crippen MR) is 268 cm³/mol. The molecule has 0 spiro atoms. The van der Waals surface area contributed by atoms with Gasteiger partial charge in [-0.3, -0.25) is 40.8 Å². The number of para-hydroxylation sites is 2.